The molecule has 2 rings (SSSR count). The fraction of sp³-hybridized carbons (Fsp3) is 0.750. The lowest BCUT2D eigenvalue weighted by Gasteiger charge is -2.22. The van der Waals surface area contributed by atoms with Crippen LogP contribution in [0, 0.1) is 0 Å². The summed E-state index contributed by atoms with van der Waals surface area (Å²) in [5, 5.41) is 6.69. The Morgan fingerprint density at radius 3 is 2.88 bits per heavy atom. The summed E-state index contributed by atoms with van der Waals surface area (Å²) in [5.74, 6) is 0.878. The van der Waals surface area contributed by atoms with Crippen molar-refractivity contribution < 1.29 is 4.74 Å². The zero-order valence-corrected chi connectivity index (χ0v) is 12.6. The molecule has 2 saturated heterocycles. The first-order valence-corrected chi connectivity index (χ1v) is 6.14. The molecule has 2 bridgehead atoms. The van der Waals surface area contributed by atoms with E-state index in [9.17, 15) is 0 Å². The van der Waals surface area contributed by atoms with Gasteiger partial charge in [-0.3, -0.25) is 0 Å². The van der Waals surface area contributed by atoms with E-state index in [4.69, 9.17) is 4.74 Å². The molecule has 2 N–H and O–H groups in total. The lowest BCUT2D eigenvalue weighted by atomic mass is 9.96. The van der Waals surface area contributed by atoms with Gasteiger partial charge in [0.2, 0.25) is 0 Å². The summed E-state index contributed by atoms with van der Waals surface area (Å²) in [5.41, 5.74) is 0. The van der Waals surface area contributed by atoms with Crippen LogP contribution in [0.2, 0.25) is 0 Å². The van der Waals surface area contributed by atoms with E-state index >= 15 is 0 Å². The van der Waals surface area contributed by atoms with Gasteiger partial charge in [0.15, 0.2) is 5.96 Å². The highest BCUT2D eigenvalue weighted by Crippen LogP contribution is 2.34. The first-order chi connectivity index (χ1) is 7.83. The van der Waals surface area contributed by atoms with Crippen molar-refractivity contribution in [3.8, 4) is 0 Å². The molecule has 2 aliphatic rings. The van der Waals surface area contributed by atoms with Crippen molar-refractivity contribution in [3.05, 3.63) is 12.7 Å². The predicted octanol–water partition coefficient (Wildman–Crippen LogP) is 1.67. The predicted molar refractivity (Wildman–Crippen MR) is 81.0 cm³/mol. The second kappa shape index (κ2) is 7.20. The molecule has 98 valence electrons. The fourth-order valence-corrected chi connectivity index (χ4v) is 2.44. The minimum absolute atomic E-state index is 0. The maximum absolute atomic E-state index is 5.80. The van der Waals surface area contributed by atoms with Crippen LogP contribution >= 0.6 is 24.0 Å². The molecule has 0 radical (unpaired) electrons. The van der Waals surface area contributed by atoms with Crippen LogP contribution in [0.5, 0.6) is 0 Å². The van der Waals surface area contributed by atoms with Gasteiger partial charge in [0.05, 0.1) is 24.8 Å². The minimum atomic E-state index is 0. The molecule has 0 aliphatic carbocycles. The van der Waals surface area contributed by atoms with E-state index in [0.29, 0.717) is 24.8 Å². The second-order valence-electron chi connectivity index (χ2n) is 4.37. The van der Waals surface area contributed by atoms with Crippen molar-refractivity contribution in [2.45, 2.75) is 44.4 Å². The number of rotatable bonds is 4. The topological polar surface area (TPSA) is 45.7 Å². The molecule has 0 amide bonds. The summed E-state index contributed by atoms with van der Waals surface area (Å²) in [6.07, 6.45) is 6.19. The maximum atomic E-state index is 5.80. The molecule has 2 heterocycles. The van der Waals surface area contributed by atoms with Crippen LogP contribution in [0.1, 0.15) is 26.2 Å². The van der Waals surface area contributed by atoms with Crippen LogP contribution in [-0.4, -0.2) is 37.3 Å². The highest BCUT2D eigenvalue weighted by Gasteiger charge is 2.40. The van der Waals surface area contributed by atoms with Crippen LogP contribution in [0.4, 0.5) is 0 Å². The Balaban J connectivity index is 0.00000144. The van der Waals surface area contributed by atoms with E-state index in [1.165, 1.54) is 12.8 Å². The van der Waals surface area contributed by atoms with E-state index < -0.39 is 0 Å². The Morgan fingerprint density at radius 1 is 1.53 bits per heavy atom. The molecule has 0 aromatic carbocycles. The highest BCUT2D eigenvalue weighted by atomic mass is 127. The number of guanidine groups is 1. The average Bonchev–Trinajstić information content (AvgIpc) is 2.88. The van der Waals surface area contributed by atoms with Crippen molar-refractivity contribution in [2.24, 2.45) is 4.99 Å². The Kier molecular flexibility index (Phi) is 6.26. The summed E-state index contributed by atoms with van der Waals surface area (Å²) in [6, 6.07) is 0.432. The molecule has 5 heteroatoms. The number of aliphatic imine (C=N–C) groups is 1. The normalized spacial score (nSPS) is 30.9. The van der Waals surface area contributed by atoms with Crippen LogP contribution in [0.25, 0.3) is 0 Å². The van der Waals surface area contributed by atoms with Crippen molar-refractivity contribution in [2.75, 3.05) is 13.1 Å². The van der Waals surface area contributed by atoms with Gasteiger partial charge in [-0.2, -0.15) is 0 Å². The minimum Gasteiger partial charge on any atom is -0.373 e. The van der Waals surface area contributed by atoms with Gasteiger partial charge in [0.1, 0.15) is 0 Å². The van der Waals surface area contributed by atoms with Crippen LogP contribution in [0.3, 0.4) is 0 Å². The smallest absolute Gasteiger partial charge is 0.191 e. The third-order valence-corrected chi connectivity index (χ3v) is 3.15. The number of hydrogen-bond acceptors (Lipinski definition) is 2. The van der Waals surface area contributed by atoms with Gasteiger partial charge in [-0.15, -0.1) is 30.6 Å². The molecule has 0 saturated carbocycles. The largest absolute Gasteiger partial charge is 0.373 e. The van der Waals surface area contributed by atoms with E-state index in [-0.39, 0.29) is 24.0 Å². The fourth-order valence-electron chi connectivity index (χ4n) is 2.44. The van der Waals surface area contributed by atoms with Crippen molar-refractivity contribution >= 4 is 29.9 Å². The monoisotopic (exact) mass is 351 g/mol. The van der Waals surface area contributed by atoms with Crippen molar-refractivity contribution in [3.63, 3.8) is 0 Å². The summed E-state index contributed by atoms with van der Waals surface area (Å²) < 4.78 is 5.80. The highest BCUT2D eigenvalue weighted by molar-refractivity contribution is 14.0. The second-order valence-corrected chi connectivity index (χ2v) is 4.37. The molecule has 2 aliphatic heterocycles. The zero-order chi connectivity index (χ0) is 11.4. The molecular formula is C12H22IN3O. The van der Waals surface area contributed by atoms with Gasteiger partial charge in [-0.1, -0.05) is 6.08 Å². The van der Waals surface area contributed by atoms with Gasteiger partial charge in [0, 0.05) is 6.54 Å². The van der Waals surface area contributed by atoms with Gasteiger partial charge in [-0.25, -0.2) is 4.99 Å². The first-order valence-electron chi connectivity index (χ1n) is 6.14. The SMILES string of the molecule is C=CCN=C(NCC)NC1CC2CCC1O2.I. The van der Waals surface area contributed by atoms with Crippen LogP contribution in [-0.2, 0) is 4.74 Å². The number of ether oxygens (including phenoxy) is 1. The standard InChI is InChI=1S/C12H21N3O.HI/c1-3-7-14-12(13-4-2)15-10-8-9-5-6-11(10)16-9;/h3,9-11H,1,4-8H2,2H3,(H2,13,14,15);1H. The van der Waals surface area contributed by atoms with Gasteiger partial charge < -0.3 is 15.4 Å². The maximum Gasteiger partial charge on any atom is 0.191 e. The summed E-state index contributed by atoms with van der Waals surface area (Å²) >= 11 is 0. The number of halogens is 1. The van der Waals surface area contributed by atoms with Gasteiger partial charge in [-0.05, 0) is 26.2 Å². The Bertz CT molecular complexity index is 283. The Morgan fingerprint density at radius 2 is 2.35 bits per heavy atom. The number of fused-ring (bicyclic) bond motifs is 2. The Hall–Kier alpha value is -0.300. The third kappa shape index (κ3) is 3.84. The third-order valence-electron chi connectivity index (χ3n) is 3.15. The molecule has 3 unspecified atom stereocenters. The number of hydrogen-bond donors (Lipinski definition) is 2. The van der Waals surface area contributed by atoms with Crippen LogP contribution in [0.15, 0.2) is 17.6 Å². The molecule has 0 aromatic heterocycles. The Labute approximate surface area is 120 Å². The number of nitrogens with zero attached hydrogens (tertiary/aromatic N) is 1. The van der Waals surface area contributed by atoms with Crippen molar-refractivity contribution in [1.29, 1.82) is 0 Å². The lowest BCUT2D eigenvalue weighted by Crippen LogP contribution is -2.47. The van der Waals surface area contributed by atoms with Crippen molar-refractivity contribution in [1.82, 2.24) is 10.6 Å². The molecule has 0 aromatic rings. The molecule has 3 atom stereocenters. The lowest BCUT2D eigenvalue weighted by molar-refractivity contribution is 0.0992. The molecular weight excluding hydrogens is 329 g/mol. The first kappa shape index (κ1) is 14.8. The number of nitrogens with one attached hydrogen (secondary N) is 2. The summed E-state index contributed by atoms with van der Waals surface area (Å²) in [7, 11) is 0. The zero-order valence-electron chi connectivity index (χ0n) is 10.3. The van der Waals surface area contributed by atoms with E-state index in [1.807, 2.05) is 0 Å². The summed E-state index contributed by atoms with van der Waals surface area (Å²) in [4.78, 5) is 4.40. The van der Waals surface area contributed by atoms with E-state index in [2.05, 4.69) is 29.1 Å². The summed E-state index contributed by atoms with van der Waals surface area (Å²) in [6.45, 7) is 7.28. The van der Waals surface area contributed by atoms with Crippen LogP contribution < -0.4 is 10.6 Å². The van der Waals surface area contributed by atoms with E-state index in [0.717, 1.165) is 18.9 Å². The molecule has 0 spiro atoms. The quantitative estimate of drug-likeness (QED) is 0.351. The van der Waals surface area contributed by atoms with Gasteiger partial charge >= 0.3 is 0 Å². The average molecular weight is 351 g/mol. The van der Waals surface area contributed by atoms with E-state index in [1.54, 1.807) is 6.08 Å². The van der Waals surface area contributed by atoms with Gasteiger partial charge in [0.25, 0.3) is 0 Å². The molecule has 17 heavy (non-hydrogen) atoms. The molecule has 2 fully saturated rings. The molecule has 4 nitrogen and oxygen atoms in total.